The first-order chi connectivity index (χ1) is 13.9. The van der Waals surface area contributed by atoms with Crippen molar-refractivity contribution in [1.29, 1.82) is 0 Å². The van der Waals surface area contributed by atoms with Crippen molar-refractivity contribution in [2.45, 2.75) is 44.2 Å². The van der Waals surface area contributed by atoms with Crippen LogP contribution in [0.5, 0.6) is 0 Å². The first-order valence-electron chi connectivity index (χ1n) is 10.1. The van der Waals surface area contributed by atoms with Crippen LogP contribution in [0.2, 0.25) is 0 Å². The molecule has 0 aliphatic heterocycles. The van der Waals surface area contributed by atoms with Crippen molar-refractivity contribution < 1.29 is 13.2 Å². The van der Waals surface area contributed by atoms with Crippen molar-refractivity contribution in [2.24, 2.45) is 0 Å². The van der Waals surface area contributed by atoms with Crippen LogP contribution in [0.4, 0.5) is 13.2 Å². The molecule has 0 aliphatic rings. The molecule has 0 aliphatic carbocycles. The van der Waals surface area contributed by atoms with E-state index in [9.17, 15) is 13.2 Å². The van der Waals surface area contributed by atoms with E-state index in [0.717, 1.165) is 61.0 Å². The summed E-state index contributed by atoms with van der Waals surface area (Å²) in [6, 6.07) is 13.6. The number of alkyl halides is 3. The van der Waals surface area contributed by atoms with Crippen LogP contribution in [0.15, 0.2) is 59.5 Å². The molecule has 158 valence electrons. The van der Waals surface area contributed by atoms with Gasteiger partial charge in [-0.2, -0.15) is 13.2 Å². The lowest BCUT2D eigenvalue weighted by molar-refractivity contribution is -0.137. The van der Waals surface area contributed by atoms with Gasteiger partial charge in [-0.15, -0.1) is 11.8 Å². The summed E-state index contributed by atoms with van der Waals surface area (Å²) in [6.45, 7) is 7.33. The Labute approximate surface area is 177 Å². The molecule has 5 heteroatoms. The van der Waals surface area contributed by atoms with Crippen molar-refractivity contribution in [1.82, 2.24) is 4.90 Å². The second kappa shape index (κ2) is 11.5. The van der Waals surface area contributed by atoms with Crippen LogP contribution < -0.4 is 0 Å². The largest absolute Gasteiger partial charge is 0.416 e. The lowest BCUT2D eigenvalue weighted by Gasteiger charge is -2.20. The summed E-state index contributed by atoms with van der Waals surface area (Å²) in [7, 11) is 0. The maximum Gasteiger partial charge on any atom is 0.416 e. The Balaban J connectivity index is 2.42. The zero-order valence-electron chi connectivity index (χ0n) is 17.4. The molecular weight excluding hydrogens is 391 g/mol. The minimum absolute atomic E-state index is 0.610. The smallest absolute Gasteiger partial charge is 0.303 e. The van der Waals surface area contributed by atoms with Gasteiger partial charge in [-0.25, -0.2) is 0 Å². The highest BCUT2D eigenvalue weighted by atomic mass is 32.2. The highest BCUT2D eigenvalue weighted by Gasteiger charge is 2.30. The number of hydrogen-bond donors (Lipinski definition) is 0. The molecule has 0 aromatic heterocycles. The van der Waals surface area contributed by atoms with E-state index in [1.165, 1.54) is 12.1 Å². The van der Waals surface area contributed by atoms with Gasteiger partial charge in [0.15, 0.2) is 0 Å². The molecule has 0 amide bonds. The first-order valence-corrected chi connectivity index (χ1v) is 11.4. The summed E-state index contributed by atoms with van der Waals surface area (Å²) in [5.74, 6) is 0. The molecule has 29 heavy (non-hydrogen) atoms. The molecule has 0 saturated carbocycles. The number of halogens is 3. The van der Waals surface area contributed by atoms with Gasteiger partial charge in [0.2, 0.25) is 0 Å². The van der Waals surface area contributed by atoms with Crippen molar-refractivity contribution >= 4 is 17.3 Å². The molecular formula is C24H30F3NS. The second-order valence-corrected chi connectivity index (χ2v) is 7.88. The zero-order chi connectivity index (χ0) is 21.3. The molecule has 0 heterocycles. The van der Waals surface area contributed by atoms with Gasteiger partial charge in [0.25, 0.3) is 0 Å². The normalized spacial score (nSPS) is 12.6. The Morgan fingerprint density at radius 1 is 0.966 bits per heavy atom. The molecule has 0 unspecified atom stereocenters. The number of hydrogen-bond acceptors (Lipinski definition) is 2. The lowest BCUT2D eigenvalue weighted by atomic mass is 9.95. The molecule has 0 bridgehead atoms. The Morgan fingerprint density at radius 3 is 2.28 bits per heavy atom. The van der Waals surface area contributed by atoms with E-state index in [1.807, 2.05) is 30.5 Å². The van der Waals surface area contributed by atoms with Crippen LogP contribution in [0.1, 0.15) is 49.8 Å². The third-order valence-electron chi connectivity index (χ3n) is 4.77. The molecule has 2 aromatic carbocycles. The zero-order valence-corrected chi connectivity index (χ0v) is 18.2. The van der Waals surface area contributed by atoms with E-state index in [1.54, 1.807) is 17.8 Å². The van der Waals surface area contributed by atoms with Gasteiger partial charge in [-0.05, 0) is 73.5 Å². The monoisotopic (exact) mass is 421 g/mol. The Kier molecular flexibility index (Phi) is 9.31. The Morgan fingerprint density at radius 2 is 1.66 bits per heavy atom. The highest BCUT2D eigenvalue weighted by Crippen LogP contribution is 2.35. The van der Waals surface area contributed by atoms with Crippen LogP contribution in [0, 0.1) is 0 Å². The summed E-state index contributed by atoms with van der Waals surface area (Å²) in [4.78, 5) is 3.48. The van der Waals surface area contributed by atoms with Gasteiger partial charge in [0, 0.05) is 11.4 Å². The molecule has 0 fully saturated rings. The van der Waals surface area contributed by atoms with Crippen molar-refractivity contribution in [3.63, 3.8) is 0 Å². The second-order valence-electron chi connectivity index (χ2n) is 7.03. The fourth-order valence-electron chi connectivity index (χ4n) is 3.47. The van der Waals surface area contributed by atoms with Crippen molar-refractivity contribution in [2.75, 3.05) is 25.9 Å². The van der Waals surface area contributed by atoms with Gasteiger partial charge in [-0.1, -0.05) is 50.3 Å². The van der Waals surface area contributed by atoms with Gasteiger partial charge in [0.05, 0.1) is 5.56 Å². The molecule has 0 spiro atoms. The van der Waals surface area contributed by atoms with Crippen molar-refractivity contribution in [3.8, 4) is 0 Å². The van der Waals surface area contributed by atoms with E-state index >= 15 is 0 Å². The third-order valence-corrected chi connectivity index (χ3v) is 5.57. The molecule has 2 rings (SSSR count). The van der Waals surface area contributed by atoms with Crippen LogP contribution in [0.3, 0.4) is 0 Å². The van der Waals surface area contributed by atoms with E-state index in [-0.39, 0.29) is 0 Å². The average Bonchev–Trinajstić information content (AvgIpc) is 2.71. The number of thioether (sulfide) groups is 1. The molecule has 0 atom stereocenters. The predicted molar refractivity (Wildman–Crippen MR) is 118 cm³/mol. The Bertz CT molecular complexity index is 793. The Hall–Kier alpha value is -1.72. The van der Waals surface area contributed by atoms with E-state index < -0.39 is 11.7 Å². The molecule has 1 nitrogen and oxygen atoms in total. The van der Waals surface area contributed by atoms with Gasteiger partial charge >= 0.3 is 6.18 Å². The van der Waals surface area contributed by atoms with Crippen LogP contribution in [-0.4, -0.2) is 30.8 Å². The number of rotatable bonds is 10. The van der Waals surface area contributed by atoms with Crippen LogP contribution >= 0.6 is 11.8 Å². The standard InChI is InChI=1S/C24H30F3NS/c1-4-15-28(16-5-2)17-9-13-21(22-12-6-7-14-23(22)29-3)19-10-8-11-20(18-19)24(25,26)27/h6-8,10-14,18H,4-5,9,15-17H2,1-3H3/b21-13+. The first kappa shape index (κ1) is 23.6. The minimum atomic E-state index is -4.35. The maximum atomic E-state index is 13.3. The summed E-state index contributed by atoms with van der Waals surface area (Å²) < 4.78 is 39.8. The van der Waals surface area contributed by atoms with E-state index in [4.69, 9.17) is 0 Å². The predicted octanol–water partition coefficient (Wildman–Crippen LogP) is 7.37. The lowest BCUT2D eigenvalue weighted by Crippen LogP contribution is -2.26. The minimum Gasteiger partial charge on any atom is -0.303 e. The molecule has 0 saturated heterocycles. The van der Waals surface area contributed by atoms with Gasteiger partial charge in [0.1, 0.15) is 0 Å². The van der Waals surface area contributed by atoms with E-state index in [2.05, 4.69) is 24.8 Å². The molecule has 2 aromatic rings. The van der Waals surface area contributed by atoms with Crippen LogP contribution in [-0.2, 0) is 6.18 Å². The highest BCUT2D eigenvalue weighted by molar-refractivity contribution is 7.98. The van der Waals surface area contributed by atoms with Crippen LogP contribution in [0.25, 0.3) is 5.57 Å². The third kappa shape index (κ3) is 6.93. The van der Waals surface area contributed by atoms with Gasteiger partial charge < -0.3 is 4.90 Å². The summed E-state index contributed by atoms with van der Waals surface area (Å²) in [5, 5.41) is 0. The number of benzene rings is 2. The maximum absolute atomic E-state index is 13.3. The number of nitrogens with zero attached hydrogens (tertiary/aromatic N) is 1. The molecule has 0 N–H and O–H groups in total. The quantitative estimate of drug-likeness (QED) is 0.368. The summed E-state index contributed by atoms with van der Waals surface area (Å²) in [5.41, 5.74) is 1.85. The SMILES string of the molecule is CCCN(CCC)CC/C=C(\c1cccc(C(F)(F)F)c1)c1ccccc1SC. The van der Waals surface area contributed by atoms with Gasteiger partial charge in [-0.3, -0.25) is 0 Å². The average molecular weight is 422 g/mol. The fraction of sp³-hybridized carbons (Fsp3) is 0.417. The van der Waals surface area contributed by atoms with E-state index in [0.29, 0.717) is 5.56 Å². The fourth-order valence-corrected chi connectivity index (χ4v) is 4.09. The summed E-state index contributed by atoms with van der Waals surface area (Å²) in [6.07, 6.45) is 2.74. The summed E-state index contributed by atoms with van der Waals surface area (Å²) >= 11 is 1.61. The molecule has 0 radical (unpaired) electrons. The van der Waals surface area contributed by atoms with Crippen molar-refractivity contribution in [3.05, 3.63) is 71.3 Å². The topological polar surface area (TPSA) is 3.24 Å².